The van der Waals surface area contributed by atoms with Crippen molar-refractivity contribution in [2.45, 2.75) is 13.8 Å². The Morgan fingerprint density at radius 2 is 1.35 bits per heavy atom. The molecule has 0 aliphatic carbocycles. The highest BCUT2D eigenvalue weighted by atomic mass is 15.1. The first kappa shape index (κ1) is 14.7. The van der Waals surface area contributed by atoms with E-state index in [0.29, 0.717) is 17.1 Å². The van der Waals surface area contributed by atoms with E-state index in [2.05, 4.69) is 25.0 Å². The van der Waals surface area contributed by atoms with E-state index < -0.39 is 0 Å². The van der Waals surface area contributed by atoms with Gasteiger partial charge in [-0.05, 0) is 54.8 Å². The number of azide groups is 1. The molecule has 3 aromatic rings. The molecule has 23 heavy (non-hydrogen) atoms. The summed E-state index contributed by atoms with van der Waals surface area (Å²) in [5.74, 6) is 0. The fourth-order valence-corrected chi connectivity index (χ4v) is 2.13. The highest BCUT2D eigenvalue weighted by Crippen LogP contribution is 2.27. The number of pyridine rings is 3. The summed E-state index contributed by atoms with van der Waals surface area (Å²) in [6.45, 7) is 3.95. The lowest BCUT2D eigenvalue weighted by molar-refractivity contribution is 1.19. The van der Waals surface area contributed by atoms with Gasteiger partial charge in [0.05, 0.1) is 22.8 Å². The van der Waals surface area contributed by atoms with E-state index in [1.807, 2.05) is 38.1 Å². The van der Waals surface area contributed by atoms with Crippen LogP contribution in [-0.4, -0.2) is 15.0 Å². The van der Waals surface area contributed by atoms with Crippen molar-refractivity contribution in [2.75, 3.05) is 0 Å². The molecule has 0 aliphatic rings. The molecule has 0 spiro atoms. The Hall–Kier alpha value is -3.24. The number of aryl methyl sites for hydroxylation is 2. The number of hydrogen-bond donors (Lipinski definition) is 0. The zero-order valence-electron chi connectivity index (χ0n) is 12.8. The van der Waals surface area contributed by atoms with E-state index in [-0.39, 0.29) is 0 Å². The van der Waals surface area contributed by atoms with Crippen LogP contribution in [0.4, 0.5) is 5.69 Å². The topological polar surface area (TPSA) is 87.4 Å². The minimum atomic E-state index is 0.484. The van der Waals surface area contributed by atoms with Crippen LogP contribution in [0.2, 0.25) is 0 Å². The third kappa shape index (κ3) is 3.33. The summed E-state index contributed by atoms with van der Waals surface area (Å²) in [4.78, 5) is 16.2. The molecule has 6 heteroatoms. The predicted molar refractivity (Wildman–Crippen MR) is 89.0 cm³/mol. The lowest BCUT2D eigenvalue weighted by Gasteiger charge is -2.06. The molecule has 6 nitrogen and oxygen atoms in total. The van der Waals surface area contributed by atoms with E-state index in [1.54, 1.807) is 24.5 Å². The number of rotatable bonds is 3. The fraction of sp³-hybridized carbons (Fsp3) is 0.118. The molecule has 0 amide bonds. The lowest BCUT2D eigenvalue weighted by Crippen LogP contribution is -1.92. The average Bonchev–Trinajstić information content (AvgIpc) is 2.56. The van der Waals surface area contributed by atoms with Crippen molar-refractivity contribution in [3.05, 3.63) is 70.4 Å². The molecule has 0 fully saturated rings. The third-order valence-electron chi connectivity index (χ3n) is 3.32. The molecule has 0 N–H and O–H groups in total. The normalized spacial score (nSPS) is 10.2. The molecular weight excluding hydrogens is 288 g/mol. The summed E-state index contributed by atoms with van der Waals surface area (Å²) in [5, 5.41) is 3.70. The first-order valence-electron chi connectivity index (χ1n) is 7.09. The molecular formula is C17H14N6. The van der Waals surface area contributed by atoms with Crippen molar-refractivity contribution >= 4 is 5.69 Å². The summed E-state index contributed by atoms with van der Waals surface area (Å²) in [5.41, 5.74) is 14.1. The third-order valence-corrected chi connectivity index (χ3v) is 3.32. The SMILES string of the molecule is Cc1ccc(-c2cc(N=[N+]=[N-])cc(-c3ccc(C)cn3)n2)nc1. The zero-order chi connectivity index (χ0) is 16.2. The van der Waals surface area contributed by atoms with Crippen molar-refractivity contribution in [1.82, 2.24) is 15.0 Å². The molecule has 3 rings (SSSR count). The van der Waals surface area contributed by atoms with Crippen LogP contribution in [0.1, 0.15) is 11.1 Å². The van der Waals surface area contributed by atoms with Crippen molar-refractivity contribution in [3.8, 4) is 22.8 Å². The summed E-state index contributed by atoms with van der Waals surface area (Å²) in [7, 11) is 0. The minimum absolute atomic E-state index is 0.484. The number of hydrogen-bond acceptors (Lipinski definition) is 4. The van der Waals surface area contributed by atoms with Gasteiger partial charge in [0.25, 0.3) is 0 Å². The summed E-state index contributed by atoms with van der Waals surface area (Å²) in [6.07, 6.45) is 3.56. The van der Waals surface area contributed by atoms with Crippen LogP contribution in [0.3, 0.4) is 0 Å². The molecule has 112 valence electrons. The van der Waals surface area contributed by atoms with Crippen LogP contribution in [0.25, 0.3) is 33.2 Å². The highest BCUT2D eigenvalue weighted by Gasteiger charge is 2.08. The minimum Gasteiger partial charge on any atom is -0.254 e. The maximum absolute atomic E-state index is 8.72. The fourth-order valence-electron chi connectivity index (χ4n) is 2.13. The van der Waals surface area contributed by atoms with Gasteiger partial charge in [-0.25, -0.2) is 4.98 Å². The van der Waals surface area contributed by atoms with Gasteiger partial charge in [0.2, 0.25) is 0 Å². The van der Waals surface area contributed by atoms with Crippen LogP contribution in [0, 0.1) is 13.8 Å². The molecule has 0 saturated carbocycles. The quantitative estimate of drug-likeness (QED) is 0.397. The van der Waals surface area contributed by atoms with E-state index in [9.17, 15) is 0 Å². The van der Waals surface area contributed by atoms with Gasteiger partial charge in [0.15, 0.2) is 0 Å². The van der Waals surface area contributed by atoms with Crippen LogP contribution >= 0.6 is 0 Å². The standard InChI is InChI=1S/C17H14N6/c1-11-3-5-14(19-9-11)16-7-13(22-23-18)8-17(21-16)15-6-4-12(2)10-20-15/h3-10H,1-2H3. The second-order valence-electron chi connectivity index (χ2n) is 5.23. The first-order valence-corrected chi connectivity index (χ1v) is 7.09. The van der Waals surface area contributed by atoms with Gasteiger partial charge in [-0.15, -0.1) is 0 Å². The predicted octanol–water partition coefficient (Wildman–Crippen LogP) is 4.76. The Labute approximate surface area is 133 Å². The summed E-state index contributed by atoms with van der Waals surface area (Å²) in [6, 6.07) is 11.2. The molecule has 3 heterocycles. The van der Waals surface area contributed by atoms with Gasteiger partial charge in [-0.3, -0.25) is 9.97 Å². The maximum atomic E-state index is 8.72. The van der Waals surface area contributed by atoms with Crippen molar-refractivity contribution in [2.24, 2.45) is 5.11 Å². The van der Waals surface area contributed by atoms with Crippen molar-refractivity contribution < 1.29 is 0 Å². The van der Waals surface area contributed by atoms with E-state index in [0.717, 1.165) is 22.5 Å². The van der Waals surface area contributed by atoms with Crippen molar-refractivity contribution in [3.63, 3.8) is 0 Å². The maximum Gasteiger partial charge on any atom is 0.0898 e. The second-order valence-corrected chi connectivity index (χ2v) is 5.23. The Morgan fingerprint density at radius 3 is 1.74 bits per heavy atom. The Morgan fingerprint density at radius 1 is 0.826 bits per heavy atom. The van der Waals surface area contributed by atoms with Gasteiger partial charge in [0, 0.05) is 23.0 Å². The lowest BCUT2D eigenvalue weighted by atomic mass is 10.1. The second kappa shape index (κ2) is 6.25. The Balaban J connectivity index is 2.14. The largest absolute Gasteiger partial charge is 0.254 e. The first-order chi connectivity index (χ1) is 11.2. The van der Waals surface area contributed by atoms with E-state index in [1.165, 1.54) is 0 Å². The molecule has 0 aliphatic heterocycles. The molecule has 0 saturated heterocycles. The highest BCUT2D eigenvalue weighted by molar-refractivity contribution is 5.67. The summed E-state index contributed by atoms with van der Waals surface area (Å²) < 4.78 is 0. The molecule has 0 bridgehead atoms. The number of aromatic nitrogens is 3. The zero-order valence-corrected chi connectivity index (χ0v) is 12.8. The van der Waals surface area contributed by atoms with Gasteiger partial charge in [0.1, 0.15) is 0 Å². The molecule has 0 aromatic carbocycles. The van der Waals surface area contributed by atoms with Gasteiger partial charge in [-0.2, -0.15) is 0 Å². The van der Waals surface area contributed by atoms with Crippen LogP contribution in [0.15, 0.2) is 53.9 Å². The van der Waals surface area contributed by atoms with Crippen LogP contribution < -0.4 is 0 Å². The van der Waals surface area contributed by atoms with Crippen LogP contribution in [-0.2, 0) is 0 Å². The van der Waals surface area contributed by atoms with Gasteiger partial charge >= 0.3 is 0 Å². The Kier molecular flexibility index (Phi) is 3.99. The van der Waals surface area contributed by atoms with Crippen molar-refractivity contribution in [1.29, 1.82) is 0 Å². The monoisotopic (exact) mass is 302 g/mol. The number of nitrogens with zero attached hydrogens (tertiary/aromatic N) is 6. The molecule has 0 atom stereocenters. The van der Waals surface area contributed by atoms with Gasteiger partial charge in [-0.1, -0.05) is 17.2 Å². The molecule has 0 unspecified atom stereocenters. The average molecular weight is 302 g/mol. The molecule has 3 aromatic heterocycles. The van der Waals surface area contributed by atoms with E-state index in [4.69, 9.17) is 5.53 Å². The van der Waals surface area contributed by atoms with Gasteiger partial charge < -0.3 is 0 Å². The smallest absolute Gasteiger partial charge is 0.0898 e. The molecule has 0 radical (unpaired) electrons. The Bertz CT molecular complexity index is 814. The van der Waals surface area contributed by atoms with Crippen LogP contribution in [0.5, 0.6) is 0 Å². The summed E-state index contributed by atoms with van der Waals surface area (Å²) >= 11 is 0. The van der Waals surface area contributed by atoms with E-state index >= 15 is 0 Å².